The molecular weight excluding hydrogens is 520 g/mol. The van der Waals surface area contributed by atoms with Gasteiger partial charge in [0.1, 0.15) is 11.3 Å². The number of carbonyl (C=O) groups is 2. The van der Waals surface area contributed by atoms with Gasteiger partial charge in [0, 0.05) is 18.5 Å². The van der Waals surface area contributed by atoms with Crippen LogP contribution in [0.3, 0.4) is 0 Å². The summed E-state index contributed by atoms with van der Waals surface area (Å²) < 4.78 is 11.5. The highest BCUT2D eigenvalue weighted by Crippen LogP contribution is 2.46. The van der Waals surface area contributed by atoms with Crippen LogP contribution in [0, 0.1) is 29.1 Å². The monoisotopic (exact) mass is 568 g/mol. The van der Waals surface area contributed by atoms with Crippen LogP contribution in [0.25, 0.3) is 0 Å². The normalized spacial score (nSPS) is 26.6. The van der Waals surface area contributed by atoms with Crippen molar-refractivity contribution in [1.29, 1.82) is 5.41 Å². The van der Waals surface area contributed by atoms with Gasteiger partial charge in [0.15, 0.2) is 6.61 Å². The van der Waals surface area contributed by atoms with Crippen LogP contribution in [0.15, 0.2) is 54.1 Å². The lowest BCUT2D eigenvalue weighted by Gasteiger charge is -2.49. The second kappa shape index (κ2) is 14.0. The van der Waals surface area contributed by atoms with Crippen LogP contribution >= 0.6 is 0 Å². The van der Waals surface area contributed by atoms with Gasteiger partial charge in [0.25, 0.3) is 11.8 Å². The van der Waals surface area contributed by atoms with E-state index in [4.69, 9.17) is 14.9 Å². The van der Waals surface area contributed by atoms with E-state index in [0.717, 1.165) is 25.5 Å². The van der Waals surface area contributed by atoms with Crippen LogP contribution in [0.2, 0.25) is 0 Å². The molecule has 2 aliphatic carbocycles. The molecule has 3 rings (SSSR count). The molecule has 0 saturated heterocycles. The smallest absolute Gasteiger partial charge is 0.258 e. The quantitative estimate of drug-likeness (QED) is 0.137. The first-order valence-corrected chi connectivity index (χ1v) is 14.6. The van der Waals surface area contributed by atoms with E-state index in [-0.39, 0.29) is 53.7 Å². The Labute approximate surface area is 244 Å². The Kier molecular flexibility index (Phi) is 11.0. The maximum Gasteiger partial charge on any atom is 0.258 e. The van der Waals surface area contributed by atoms with Crippen molar-refractivity contribution in [2.75, 3.05) is 13.2 Å². The second-order valence-electron chi connectivity index (χ2n) is 12.9. The molecule has 9 heteroatoms. The predicted molar refractivity (Wildman–Crippen MR) is 160 cm³/mol. The van der Waals surface area contributed by atoms with E-state index in [1.807, 2.05) is 52.8 Å². The van der Waals surface area contributed by atoms with E-state index >= 15 is 0 Å². The Hall–Kier alpha value is -3.33. The standard InChI is InChI=1S/C32H48N4O5/c1-21(2)19-41-30(34-13-12-31(4,5)36-27(37)20-40-25-10-8-7-9-11-25)26(18-33)29(38)35-28-22(3)14-23-15-24(28)17-32(6,39)16-23/h7-13,18,21-24,28,33-34,39H,14-17,19-20H2,1-6H3,(H,35,38)(H,36,37)/b13-12+,30-26-,33-18?/t22?,23?,24?,28?,32-/m0/s1. The summed E-state index contributed by atoms with van der Waals surface area (Å²) in [6.07, 6.45) is 7.76. The Bertz CT molecular complexity index is 1110. The Morgan fingerprint density at radius 1 is 1.20 bits per heavy atom. The number of ether oxygens (including phenoxy) is 2. The molecule has 0 heterocycles. The number of para-hydroxylation sites is 1. The highest BCUT2D eigenvalue weighted by molar-refractivity contribution is 6.11. The molecule has 9 nitrogen and oxygen atoms in total. The zero-order valence-electron chi connectivity index (χ0n) is 25.3. The summed E-state index contributed by atoms with van der Waals surface area (Å²) in [7, 11) is 0. The highest BCUT2D eigenvalue weighted by atomic mass is 16.5. The van der Waals surface area contributed by atoms with E-state index < -0.39 is 11.1 Å². The summed E-state index contributed by atoms with van der Waals surface area (Å²) in [5.41, 5.74) is -1.36. The molecule has 1 aromatic carbocycles. The number of nitrogens with one attached hydrogen (secondary N) is 4. The van der Waals surface area contributed by atoms with Crippen molar-refractivity contribution in [3.63, 3.8) is 0 Å². The first-order chi connectivity index (χ1) is 19.3. The first kappa shape index (κ1) is 32.2. The summed E-state index contributed by atoms with van der Waals surface area (Å²) in [5, 5.41) is 27.9. The molecular formula is C32H48N4O5. The van der Waals surface area contributed by atoms with Crippen molar-refractivity contribution in [3.05, 3.63) is 54.1 Å². The largest absolute Gasteiger partial charge is 0.484 e. The van der Waals surface area contributed by atoms with Crippen molar-refractivity contribution < 1.29 is 24.2 Å². The van der Waals surface area contributed by atoms with Gasteiger partial charge in [-0.05, 0) is 88.3 Å². The van der Waals surface area contributed by atoms with Gasteiger partial charge in [-0.3, -0.25) is 9.59 Å². The maximum atomic E-state index is 13.5. The second-order valence-corrected chi connectivity index (χ2v) is 12.9. The van der Waals surface area contributed by atoms with Gasteiger partial charge in [-0.1, -0.05) is 39.0 Å². The molecule has 0 aromatic heterocycles. The number of fused-ring (bicyclic) bond motifs is 2. The van der Waals surface area contributed by atoms with Crippen LogP contribution in [-0.4, -0.2) is 53.5 Å². The van der Waals surface area contributed by atoms with Crippen molar-refractivity contribution in [1.82, 2.24) is 16.0 Å². The number of hydrogen-bond acceptors (Lipinski definition) is 7. The Morgan fingerprint density at radius 2 is 1.90 bits per heavy atom. The number of carbonyl (C=O) groups excluding carboxylic acids is 2. The molecule has 5 N–H and O–H groups in total. The SMILES string of the molecule is CC(C)CO/C(N/C=C/C(C)(C)NC(=O)COc1ccccc1)=C(/C=N)C(=O)NC1C(C)CC2CC1C[C@@](C)(O)C2. The van der Waals surface area contributed by atoms with Gasteiger partial charge in [0.2, 0.25) is 5.88 Å². The lowest BCUT2D eigenvalue weighted by atomic mass is 9.61. The third-order valence-electron chi connectivity index (χ3n) is 7.67. The molecule has 1 aromatic rings. The molecule has 2 aliphatic rings. The van der Waals surface area contributed by atoms with E-state index in [0.29, 0.717) is 24.7 Å². The summed E-state index contributed by atoms with van der Waals surface area (Å²) in [4.78, 5) is 26.0. The Morgan fingerprint density at radius 3 is 2.56 bits per heavy atom. The average molecular weight is 569 g/mol. The van der Waals surface area contributed by atoms with E-state index in [1.165, 1.54) is 0 Å². The zero-order chi connectivity index (χ0) is 30.2. The third kappa shape index (κ3) is 9.92. The summed E-state index contributed by atoms with van der Waals surface area (Å²) >= 11 is 0. The van der Waals surface area contributed by atoms with E-state index in [9.17, 15) is 14.7 Å². The van der Waals surface area contributed by atoms with Crippen molar-refractivity contribution >= 4 is 18.0 Å². The fraction of sp³-hybridized carbons (Fsp3) is 0.594. The summed E-state index contributed by atoms with van der Waals surface area (Å²) in [6.45, 7) is 12.0. The fourth-order valence-electron chi connectivity index (χ4n) is 6.05. The first-order valence-electron chi connectivity index (χ1n) is 14.6. The van der Waals surface area contributed by atoms with Crippen molar-refractivity contribution in [2.24, 2.45) is 23.7 Å². The van der Waals surface area contributed by atoms with Crippen LogP contribution in [0.5, 0.6) is 5.75 Å². The molecule has 226 valence electrons. The number of amides is 2. The van der Waals surface area contributed by atoms with Gasteiger partial charge in [0.05, 0.1) is 17.7 Å². The lowest BCUT2D eigenvalue weighted by Crippen LogP contribution is -2.54. The lowest BCUT2D eigenvalue weighted by molar-refractivity contribution is -0.124. The summed E-state index contributed by atoms with van der Waals surface area (Å²) in [5.74, 6) is 1.25. The number of benzene rings is 1. The van der Waals surface area contributed by atoms with Crippen LogP contribution in [-0.2, 0) is 14.3 Å². The number of aliphatic hydroxyl groups is 1. The molecule has 2 amide bonds. The van der Waals surface area contributed by atoms with Crippen LogP contribution in [0.1, 0.15) is 67.2 Å². The topological polar surface area (TPSA) is 133 Å². The summed E-state index contributed by atoms with van der Waals surface area (Å²) in [6, 6.07) is 9.04. The third-order valence-corrected chi connectivity index (χ3v) is 7.67. The molecule has 0 radical (unpaired) electrons. The molecule has 4 unspecified atom stereocenters. The number of rotatable bonds is 13. The molecule has 5 atom stereocenters. The molecule has 2 saturated carbocycles. The minimum Gasteiger partial charge on any atom is -0.484 e. The van der Waals surface area contributed by atoms with E-state index in [1.54, 1.807) is 24.4 Å². The van der Waals surface area contributed by atoms with Crippen LogP contribution < -0.4 is 20.7 Å². The fourth-order valence-corrected chi connectivity index (χ4v) is 6.05. The minimum absolute atomic E-state index is 0.0882. The molecule has 41 heavy (non-hydrogen) atoms. The van der Waals surface area contributed by atoms with Gasteiger partial charge in [-0.25, -0.2) is 0 Å². The van der Waals surface area contributed by atoms with Gasteiger partial charge < -0.3 is 35.9 Å². The predicted octanol–water partition coefficient (Wildman–Crippen LogP) is 4.29. The highest BCUT2D eigenvalue weighted by Gasteiger charge is 2.45. The maximum absolute atomic E-state index is 13.5. The van der Waals surface area contributed by atoms with Crippen molar-refractivity contribution in [3.8, 4) is 5.75 Å². The van der Waals surface area contributed by atoms with Gasteiger partial charge in [-0.15, -0.1) is 0 Å². The molecule has 2 bridgehead atoms. The molecule has 0 aliphatic heterocycles. The van der Waals surface area contributed by atoms with Crippen molar-refractivity contribution in [2.45, 2.75) is 84.4 Å². The minimum atomic E-state index is -0.730. The molecule has 2 fully saturated rings. The van der Waals surface area contributed by atoms with Gasteiger partial charge in [-0.2, -0.15) is 0 Å². The number of hydrogen-bond donors (Lipinski definition) is 5. The molecule has 0 spiro atoms. The zero-order valence-corrected chi connectivity index (χ0v) is 25.3. The van der Waals surface area contributed by atoms with E-state index in [2.05, 4.69) is 22.9 Å². The van der Waals surface area contributed by atoms with Gasteiger partial charge >= 0.3 is 0 Å². The average Bonchev–Trinajstić information content (AvgIpc) is 2.87. The Balaban J connectivity index is 1.68. The van der Waals surface area contributed by atoms with Crippen LogP contribution in [0.4, 0.5) is 0 Å².